The molecule has 0 unspecified atom stereocenters. The van der Waals surface area contributed by atoms with E-state index in [-0.39, 0.29) is 0 Å². The lowest BCUT2D eigenvalue weighted by Crippen LogP contribution is -2.36. The van der Waals surface area contributed by atoms with Crippen molar-refractivity contribution in [2.75, 3.05) is 45.9 Å². The van der Waals surface area contributed by atoms with Crippen LogP contribution in [-0.2, 0) is 4.74 Å². The lowest BCUT2D eigenvalue weighted by molar-refractivity contribution is 0.0443. The van der Waals surface area contributed by atoms with E-state index >= 15 is 0 Å². The molecule has 0 atom stereocenters. The van der Waals surface area contributed by atoms with Crippen molar-refractivity contribution in [1.82, 2.24) is 10.2 Å². The first kappa shape index (κ1) is 10.9. The van der Waals surface area contributed by atoms with Gasteiger partial charge in [0.2, 0.25) is 0 Å². The fourth-order valence-corrected chi connectivity index (χ4v) is 2.03. The van der Waals surface area contributed by atoms with Gasteiger partial charge >= 0.3 is 0 Å². The Morgan fingerprint density at radius 2 is 1.93 bits per heavy atom. The van der Waals surface area contributed by atoms with Crippen molar-refractivity contribution in [2.45, 2.75) is 12.8 Å². The van der Waals surface area contributed by atoms with Crippen molar-refractivity contribution in [1.29, 1.82) is 0 Å². The zero-order valence-corrected chi connectivity index (χ0v) is 9.30. The van der Waals surface area contributed by atoms with Crippen LogP contribution in [0.5, 0.6) is 0 Å². The molecule has 0 amide bonds. The van der Waals surface area contributed by atoms with E-state index in [9.17, 15) is 0 Å². The third-order valence-corrected chi connectivity index (χ3v) is 3.05. The molecule has 2 rings (SSSR count). The third kappa shape index (κ3) is 3.83. The van der Waals surface area contributed by atoms with Crippen molar-refractivity contribution in [3.05, 3.63) is 0 Å². The van der Waals surface area contributed by atoms with Crippen molar-refractivity contribution in [2.24, 2.45) is 5.92 Å². The Bertz CT molecular complexity index is 232. The van der Waals surface area contributed by atoms with Gasteiger partial charge < -0.3 is 10.1 Å². The van der Waals surface area contributed by atoms with Crippen LogP contribution in [-0.4, -0.2) is 50.8 Å². The van der Waals surface area contributed by atoms with Gasteiger partial charge in [0.1, 0.15) is 0 Å². The van der Waals surface area contributed by atoms with E-state index in [1.807, 2.05) is 0 Å². The number of ether oxygens (including phenoxy) is 1. The van der Waals surface area contributed by atoms with E-state index in [2.05, 4.69) is 22.1 Å². The molecule has 84 valence electrons. The highest BCUT2D eigenvalue weighted by molar-refractivity contribution is 5.06. The van der Waals surface area contributed by atoms with Gasteiger partial charge in [-0.05, 0) is 25.9 Å². The molecule has 0 aliphatic carbocycles. The fraction of sp³-hybridized carbons (Fsp3) is 0.833. The zero-order chi connectivity index (χ0) is 10.3. The smallest absolute Gasteiger partial charge is 0.0603 e. The average molecular weight is 208 g/mol. The van der Waals surface area contributed by atoms with Crippen molar-refractivity contribution < 1.29 is 4.74 Å². The third-order valence-electron chi connectivity index (χ3n) is 3.05. The van der Waals surface area contributed by atoms with Gasteiger partial charge in [0.25, 0.3) is 0 Å². The van der Waals surface area contributed by atoms with Crippen LogP contribution in [0.4, 0.5) is 0 Å². The summed E-state index contributed by atoms with van der Waals surface area (Å²) in [6.07, 6.45) is 2.44. The summed E-state index contributed by atoms with van der Waals surface area (Å²) in [6, 6.07) is 0. The van der Waals surface area contributed by atoms with Gasteiger partial charge in [-0.15, -0.1) is 0 Å². The summed E-state index contributed by atoms with van der Waals surface area (Å²) in [5.41, 5.74) is 0. The topological polar surface area (TPSA) is 24.5 Å². The molecular weight excluding hydrogens is 188 g/mol. The molecule has 0 radical (unpaired) electrons. The molecule has 0 aromatic heterocycles. The first-order valence-electron chi connectivity index (χ1n) is 5.94. The van der Waals surface area contributed by atoms with Crippen LogP contribution in [0.25, 0.3) is 0 Å². The number of hydrogen-bond donors (Lipinski definition) is 1. The lowest BCUT2D eigenvalue weighted by Gasteiger charge is -2.24. The highest BCUT2D eigenvalue weighted by Crippen LogP contribution is 2.09. The zero-order valence-electron chi connectivity index (χ0n) is 9.30. The number of nitrogens with zero attached hydrogens (tertiary/aromatic N) is 1. The summed E-state index contributed by atoms with van der Waals surface area (Å²) in [5, 5.41) is 3.36. The molecule has 2 fully saturated rings. The highest BCUT2D eigenvalue weighted by Gasteiger charge is 2.10. The molecule has 0 spiro atoms. The molecule has 0 bridgehead atoms. The van der Waals surface area contributed by atoms with E-state index in [0.717, 1.165) is 45.9 Å². The highest BCUT2D eigenvalue weighted by atomic mass is 16.5. The number of hydrogen-bond acceptors (Lipinski definition) is 3. The maximum Gasteiger partial charge on any atom is 0.0603 e. The Hall–Kier alpha value is -0.560. The van der Waals surface area contributed by atoms with Crippen LogP contribution >= 0.6 is 0 Å². The van der Waals surface area contributed by atoms with Gasteiger partial charge in [-0.3, -0.25) is 4.90 Å². The second-order valence-corrected chi connectivity index (χ2v) is 4.23. The summed E-state index contributed by atoms with van der Waals surface area (Å²) in [5.74, 6) is 7.35. The second kappa shape index (κ2) is 6.12. The largest absolute Gasteiger partial charge is 0.379 e. The van der Waals surface area contributed by atoms with Gasteiger partial charge in [-0.25, -0.2) is 0 Å². The van der Waals surface area contributed by atoms with Crippen molar-refractivity contribution >= 4 is 0 Å². The van der Waals surface area contributed by atoms with Crippen molar-refractivity contribution in [3.8, 4) is 11.8 Å². The Balaban J connectivity index is 1.68. The van der Waals surface area contributed by atoms with Gasteiger partial charge in [0.15, 0.2) is 0 Å². The molecule has 2 heterocycles. The molecule has 2 saturated heterocycles. The van der Waals surface area contributed by atoms with Crippen LogP contribution in [0.3, 0.4) is 0 Å². The number of nitrogens with one attached hydrogen (secondary N) is 1. The Kier molecular flexibility index (Phi) is 4.46. The minimum absolute atomic E-state index is 0.632. The fourth-order valence-electron chi connectivity index (χ4n) is 2.03. The summed E-state index contributed by atoms with van der Waals surface area (Å²) < 4.78 is 5.30. The first-order valence-corrected chi connectivity index (χ1v) is 5.94. The maximum absolute atomic E-state index is 5.30. The molecule has 1 N–H and O–H groups in total. The molecule has 15 heavy (non-hydrogen) atoms. The molecular formula is C12H20N2O. The van der Waals surface area contributed by atoms with Gasteiger partial charge in [-0.2, -0.15) is 0 Å². The van der Waals surface area contributed by atoms with E-state index in [1.165, 1.54) is 12.8 Å². The Morgan fingerprint density at radius 3 is 2.67 bits per heavy atom. The monoisotopic (exact) mass is 208 g/mol. The van der Waals surface area contributed by atoms with E-state index in [1.54, 1.807) is 0 Å². The van der Waals surface area contributed by atoms with Crippen LogP contribution in [0.1, 0.15) is 12.8 Å². The van der Waals surface area contributed by atoms with E-state index in [0.29, 0.717) is 5.92 Å². The maximum atomic E-state index is 5.30. The molecule has 2 aliphatic rings. The van der Waals surface area contributed by atoms with Crippen molar-refractivity contribution in [3.63, 3.8) is 0 Å². The number of piperidine rings is 1. The molecule has 0 aromatic rings. The SMILES string of the molecule is C(#CC1CCNCC1)CN1CCOCC1. The normalized spacial score (nSPS) is 24.5. The van der Waals surface area contributed by atoms with E-state index in [4.69, 9.17) is 4.74 Å². The summed E-state index contributed by atoms with van der Waals surface area (Å²) in [7, 11) is 0. The predicted octanol–water partition coefficient (Wildman–Crippen LogP) is 0.322. The van der Waals surface area contributed by atoms with Crippen LogP contribution in [0.2, 0.25) is 0 Å². The second-order valence-electron chi connectivity index (χ2n) is 4.23. The number of rotatable bonds is 1. The predicted molar refractivity (Wildman–Crippen MR) is 60.6 cm³/mol. The minimum Gasteiger partial charge on any atom is -0.379 e. The molecule has 2 aliphatic heterocycles. The van der Waals surface area contributed by atoms with Gasteiger partial charge in [-0.1, -0.05) is 11.8 Å². The van der Waals surface area contributed by atoms with Gasteiger partial charge in [0.05, 0.1) is 19.8 Å². The minimum atomic E-state index is 0.632. The lowest BCUT2D eigenvalue weighted by atomic mass is 9.99. The van der Waals surface area contributed by atoms with E-state index < -0.39 is 0 Å². The van der Waals surface area contributed by atoms with Crippen LogP contribution in [0.15, 0.2) is 0 Å². The molecule has 0 saturated carbocycles. The number of morpholine rings is 1. The quantitative estimate of drug-likeness (QED) is 0.628. The van der Waals surface area contributed by atoms with Crippen LogP contribution in [0, 0.1) is 17.8 Å². The summed E-state index contributed by atoms with van der Waals surface area (Å²) in [4.78, 5) is 2.37. The Morgan fingerprint density at radius 1 is 1.20 bits per heavy atom. The summed E-state index contributed by atoms with van der Waals surface area (Å²) >= 11 is 0. The standard InChI is InChI=1S/C12H20N2O/c1(2-12-3-5-13-6-4-12)7-14-8-10-15-11-9-14/h12-13H,3-11H2. The Labute approximate surface area is 92.2 Å². The molecule has 3 heteroatoms. The van der Waals surface area contributed by atoms with Crippen LogP contribution < -0.4 is 5.32 Å². The molecule has 0 aromatic carbocycles. The molecule has 3 nitrogen and oxygen atoms in total. The first-order chi connectivity index (χ1) is 7.45. The van der Waals surface area contributed by atoms with Gasteiger partial charge in [0, 0.05) is 19.0 Å². The average Bonchev–Trinajstić information content (AvgIpc) is 2.32. The summed E-state index contributed by atoms with van der Waals surface area (Å²) in [6.45, 7) is 7.02.